The van der Waals surface area contributed by atoms with Crippen LogP contribution in [0, 0.1) is 0 Å². The van der Waals surface area contributed by atoms with Crippen molar-refractivity contribution >= 4 is 5.97 Å². The lowest BCUT2D eigenvalue weighted by molar-refractivity contribution is -0.149. The number of pyridine rings is 1. The highest BCUT2D eigenvalue weighted by molar-refractivity contribution is 5.82. The summed E-state index contributed by atoms with van der Waals surface area (Å²) >= 11 is 0. The highest BCUT2D eigenvalue weighted by atomic mass is 16.6. The van der Waals surface area contributed by atoms with E-state index in [1.807, 2.05) is 44.2 Å². The fourth-order valence-corrected chi connectivity index (χ4v) is 2.72. The highest BCUT2D eigenvalue weighted by Crippen LogP contribution is 2.35. The summed E-state index contributed by atoms with van der Waals surface area (Å²) in [5.74, 6) is 1.16. The summed E-state index contributed by atoms with van der Waals surface area (Å²) in [5, 5.41) is 0. The summed E-state index contributed by atoms with van der Waals surface area (Å²) in [6.07, 6.45) is 5.19. The molecule has 2 heterocycles. The molecular formula is C20H23NO4. The van der Waals surface area contributed by atoms with Gasteiger partial charge in [-0.2, -0.15) is 0 Å². The maximum atomic E-state index is 12.5. The molecule has 0 saturated carbocycles. The Morgan fingerprint density at radius 2 is 1.84 bits per heavy atom. The molecule has 0 fully saturated rings. The van der Waals surface area contributed by atoms with E-state index in [2.05, 4.69) is 4.98 Å². The molecule has 1 aliphatic rings. The van der Waals surface area contributed by atoms with E-state index in [0.717, 1.165) is 24.2 Å². The first-order valence-electron chi connectivity index (χ1n) is 8.53. The number of aromatic nitrogens is 1. The lowest BCUT2D eigenvalue weighted by atomic mass is 9.84. The fourth-order valence-electron chi connectivity index (χ4n) is 2.72. The maximum Gasteiger partial charge on any atom is 0.315 e. The van der Waals surface area contributed by atoms with E-state index in [-0.39, 0.29) is 5.97 Å². The number of rotatable bonds is 6. The molecule has 5 heteroatoms. The van der Waals surface area contributed by atoms with Gasteiger partial charge in [0.2, 0.25) is 0 Å². The van der Waals surface area contributed by atoms with Gasteiger partial charge in [-0.25, -0.2) is 0 Å². The Kier molecular flexibility index (Phi) is 5.22. The Morgan fingerprint density at radius 3 is 2.60 bits per heavy atom. The zero-order chi connectivity index (χ0) is 17.7. The van der Waals surface area contributed by atoms with Crippen LogP contribution in [-0.2, 0) is 21.4 Å². The molecule has 0 amide bonds. The van der Waals surface area contributed by atoms with Gasteiger partial charge >= 0.3 is 5.97 Å². The molecule has 0 radical (unpaired) electrons. The normalized spacial score (nSPS) is 13.4. The molecule has 1 aromatic carbocycles. The first-order chi connectivity index (χ1) is 12.1. The van der Waals surface area contributed by atoms with Crippen molar-refractivity contribution in [1.29, 1.82) is 0 Å². The third-order valence-electron chi connectivity index (χ3n) is 4.37. The first-order valence-corrected chi connectivity index (χ1v) is 8.53. The molecule has 132 valence electrons. The summed E-state index contributed by atoms with van der Waals surface area (Å²) in [6.45, 7) is 5.20. The standard InChI is InChI=1S/C20H23NO4/c1-20(2,16-5-6-17-18(14-16)24-13-12-23-17)19(22)25-11-3-4-15-7-9-21-10-8-15/h5-10,14H,3-4,11-13H2,1-2H3. The number of aryl methyl sites for hydroxylation is 1. The monoisotopic (exact) mass is 341 g/mol. The van der Waals surface area contributed by atoms with Crippen LogP contribution in [0.4, 0.5) is 0 Å². The molecule has 0 spiro atoms. The van der Waals surface area contributed by atoms with Crippen molar-refractivity contribution in [2.24, 2.45) is 0 Å². The van der Waals surface area contributed by atoms with Crippen molar-refractivity contribution in [2.75, 3.05) is 19.8 Å². The number of hydrogen-bond donors (Lipinski definition) is 0. The van der Waals surface area contributed by atoms with Crippen molar-refractivity contribution < 1.29 is 19.0 Å². The van der Waals surface area contributed by atoms with Crippen LogP contribution < -0.4 is 9.47 Å². The number of carbonyl (C=O) groups excluding carboxylic acids is 1. The molecule has 5 nitrogen and oxygen atoms in total. The van der Waals surface area contributed by atoms with Crippen LogP contribution in [0.15, 0.2) is 42.7 Å². The molecule has 3 rings (SSSR count). The summed E-state index contributed by atoms with van der Waals surface area (Å²) < 4.78 is 16.6. The van der Waals surface area contributed by atoms with Crippen LogP contribution in [0.3, 0.4) is 0 Å². The topological polar surface area (TPSA) is 57.7 Å². The van der Waals surface area contributed by atoms with Crippen molar-refractivity contribution in [3.05, 3.63) is 53.9 Å². The van der Waals surface area contributed by atoms with Crippen molar-refractivity contribution in [2.45, 2.75) is 32.1 Å². The predicted octanol–water partition coefficient (Wildman–Crippen LogP) is 3.31. The van der Waals surface area contributed by atoms with Crippen LogP contribution in [0.2, 0.25) is 0 Å². The second-order valence-electron chi connectivity index (χ2n) is 6.58. The zero-order valence-electron chi connectivity index (χ0n) is 14.7. The van der Waals surface area contributed by atoms with Crippen LogP contribution >= 0.6 is 0 Å². The second kappa shape index (κ2) is 7.55. The van der Waals surface area contributed by atoms with E-state index < -0.39 is 5.41 Å². The number of carbonyl (C=O) groups is 1. The van der Waals surface area contributed by atoms with Gasteiger partial charge in [-0.05, 0) is 62.1 Å². The third-order valence-corrected chi connectivity index (χ3v) is 4.37. The van der Waals surface area contributed by atoms with Crippen molar-refractivity contribution in [3.8, 4) is 11.5 Å². The maximum absolute atomic E-state index is 12.5. The van der Waals surface area contributed by atoms with Crippen LogP contribution in [0.25, 0.3) is 0 Å². The molecule has 2 aromatic rings. The number of benzene rings is 1. The summed E-state index contributed by atoms with van der Waals surface area (Å²) in [4.78, 5) is 16.5. The Bertz CT molecular complexity index is 728. The van der Waals surface area contributed by atoms with Gasteiger partial charge in [-0.1, -0.05) is 6.07 Å². The van der Waals surface area contributed by atoms with E-state index in [0.29, 0.717) is 25.6 Å². The van der Waals surface area contributed by atoms with Crippen molar-refractivity contribution in [1.82, 2.24) is 4.98 Å². The summed E-state index contributed by atoms with van der Waals surface area (Å²) in [7, 11) is 0. The van der Waals surface area contributed by atoms with E-state index in [1.54, 1.807) is 12.4 Å². The summed E-state index contributed by atoms with van der Waals surface area (Å²) in [6, 6.07) is 9.56. The number of nitrogens with zero attached hydrogens (tertiary/aromatic N) is 1. The van der Waals surface area contributed by atoms with Crippen LogP contribution in [0.5, 0.6) is 11.5 Å². The number of fused-ring (bicyclic) bond motifs is 1. The number of esters is 1. The van der Waals surface area contributed by atoms with E-state index in [9.17, 15) is 4.79 Å². The summed E-state index contributed by atoms with van der Waals surface area (Å²) in [5.41, 5.74) is 1.31. The lowest BCUT2D eigenvalue weighted by Gasteiger charge is -2.25. The second-order valence-corrected chi connectivity index (χ2v) is 6.58. The van der Waals surface area contributed by atoms with Crippen LogP contribution in [-0.4, -0.2) is 30.8 Å². The average Bonchev–Trinajstić information content (AvgIpc) is 2.65. The number of ether oxygens (including phenoxy) is 3. The highest BCUT2D eigenvalue weighted by Gasteiger charge is 2.32. The Morgan fingerprint density at radius 1 is 1.12 bits per heavy atom. The van der Waals surface area contributed by atoms with Gasteiger partial charge < -0.3 is 14.2 Å². The molecule has 0 unspecified atom stereocenters. The average molecular weight is 341 g/mol. The molecule has 1 aromatic heterocycles. The quantitative estimate of drug-likeness (QED) is 0.596. The Hall–Kier alpha value is -2.56. The zero-order valence-corrected chi connectivity index (χ0v) is 14.7. The minimum absolute atomic E-state index is 0.237. The molecular weight excluding hydrogens is 318 g/mol. The largest absolute Gasteiger partial charge is 0.486 e. The van der Waals surface area contributed by atoms with Crippen molar-refractivity contribution in [3.63, 3.8) is 0 Å². The molecule has 0 saturated heterocycles. The molecule has 1 aliphatic heterocycles. The fraction of sp³-hybridized carbons (Fsp3) is 0.400. The Labute approximate surface area is 147 Å². The van der Waals surface area contributed by atoms with Gasteiger partial charge in [0.25, 0.3) is 0 Å². The van der Waals surface area contributed by atoms with Gasteiger partial charge in [-0.15, -0.1) is 0 Å². The van der Waals surface area contributed by atoms with Gasteiger partial charge in [0.05, 0.1) is 12.0 Å². The minimum Gasteiger partial charge on any atom is -0.486 e. The van der Waals surface area contributed by atoms with E-state index in [4.69, 9.17) is 14.2 Å². The smallest absolute Gasteiger partial charge is 0.315 e. The molecule has 0 aliphatic carbocycles. The molecule has 25 heavy (non-hydrogen) atoms. The predicted molar refractivity (Wildman–Crippen MR) is 94.0 cm³/mol. The third kappa shape index (κ3) is 4.10. The van der Waals surface area contributed by atoms with Crippen LogP contribution in [0.1, 0.15) is 31.4 Å². The molecule has 0 atom stereocenters. The SMILES string of the molecule is CC(C)(C(=O)OCCCc1ccncc1)c1ccc2c(c1)OCCO2. The van der Waals surface area contributed by atoms with Gasteiger partial charge in [-0.3, -0.25) is 9.78 Å². The van der Waals surface area contributed by atoms with Gasteiger partial charge in [0.1, 0.15) is 13.2 Å². The lowest BCUT2D eigenvalue weighted by Crippen LogP contribution is -2.31. The van der Waals surface area contributed by atoms with Gasteiger partial charge in [0.15, 0.2) is 11.5 Å². The van der Waals surface area contributed by atoms with Gasteiger partial charge in [0, 0.05) is 12.4 Å². The first kappa shape index (κ1) is 17.3. The number of hydrogen-bond acceptors (Lipinski definition) is 5. The molecule has 0 N–H and O–H groups in total. The molecule has 0 bridgehead atoms. The van der Waals surface area contributed by atoms with E-state index in [1.165, 1.54) is 5.56 Å². The Balaban J connectivity index is 1.56. The minimum atomic E-state index is -0.744. The van der Waals surface area contributed by atoms with E-state index >= 15 is 0 Å².